The number of anilines is 1. The minimum absolute atomic E-state index is 0.414. The third-order valence-corrected chi connectivity index (χ3v) is 4.15. The fourth-order valence-corrected chi connectivity index (χ4v) is 3.10. The molecular formula is C12H18N4. The van der Waals surface area contributed by atoms with E-state index in [1.165, 1.54) is 25.8 Å². The van der Waals surface area contributed by atoms with Gasteiger partial charge >= 0.3 is 0 Å². The molecule has 3 rings (SSSR count). The van der Waals surface area contributed by atoms with Gasteiger partial charge in [-0.3, -0.25) is 9.88 Å². The van der Waals surface area contributed by atoms with Crippen LogP contribution in [0.15, 0.2) is 18.6 Å². The van der Waals surface area contributed by atoms with Crippen molar-refractivity contribution in [1.82, 2.24) is 14.9 Å². The zero-order valence-electron chi connectivity index (χ0n) is 9.76. The third kappa shape index (κ3) is 1.48. The Balaban J connectivity index is 1.78. The first-order valence-electron chi connectivity index (χ1n) is 6.02. The van der Waals surface area contributed by atoms with Crippen molar-refractivity contribution in [2.24, 2.45) is 0 Å². The van der Waals surface area contributed by atoms with Crippen LogP contribution < -0.4 is 4.90 Å². The van der Waals surface area contributed by atoms with E-state index in [0.29, 0.717) is 5.54 Å². The van der Waals surface area contributed by atoms with E-state index >= 15 is 0 Å². The number of nitrogens with zero attached hydrogens (tertiary/aromatic N) is 4. The lowest BCUT2D eigenvalue weighted by molar-refractivity contribution is 0.198. The molecule has 4 heteroatoms. The van der Waals surface area contributed by atoms with Crippen LogP contribution in [0.1, 0.15) is 19.3 Å². The van der Waals surface area contributed by atoms with E-state index in [-0.39, 0.29) is 0 Å². The zero-order chi connectivity index (χ0) is 11.0. The maximum atomic E-state index is 4.39. The van der Waals surface area contributed by atoms with Gasteiger partial charge in [0.2, 0.25) is 0 Å². The molecule has 0 aromatic carbocycles. The van der Waals surface area contributed by atoms with Crippen LogP contribution in [0.3, 0.4) is 0 Å². The first-order chi connectivity index (χ1) is 7.80. The Hall–Kier alpha value is -1.16. The van der Waals surface area contributed by atoms with Gasteiger partial charge in [0.1, 0.15) is 5.82 Å². The van der Waals surface area contributed by atoms with Crippen molar-refractivity contribution in [2.75, 3.05) is 31.6 Å². The van der Waals surface area contributed by atoms with Crippen molar-refractivity contribution >= 4 is 5.82 Å². The standard InChI is InChI=1S/C12H18N4/c1-15-7-2-3-12(15)4-8-16(10-12)11-9-13-5-6-14-11/h5-6,9H,2-4,7-8,10H2,1H3. The number of hydrogen-bond acceptors (Lipinski definition) is 4. The molecular weight excluding hydrogens is 200 g/mol. The Morgan fingerprint density at radius 1 is 1.25 bits per heavy atom. The highest BCUT2D eigenvalue weighted by Crippen LogP contribution is 2.37. The molecule has 1 spiro atoms. The second-order valence-electron chi connectivity index (χ2n) is 4.98. The highest BCUT2D eigenvalue weighted by molar-refractivity contribution is 5.38. The van der Waals surface area contributed by atoms with Gasteiger partial charge in [-0.2, -0.15) is 0 Å². The van der Waals surface area contributed by atoms with Crippen molar-refractivity contribution in [2.45, 2.75) is 24.8 Å². The van der Waals surface area contributed by atoms with Crippen LogP contribution in [0.5, 0.6) is 0 Å². The average molecular weight is 218 g/mol. The van der Waals surface area contributed by atoms with Crippen molar-refractivity contribution in [3.05, 3.63) is 18.6 Å². The van der Waals surface area contributed by atoms with Crippen molar-refractivity contribution in [3.63, 3.8) is 0 Å². The fourth-order valence-electron chi connectivity index (χ4n) is 3.10. The molecule has 0 N–H and O–H groups in total. The molecule has 2 fully saturated rings. The summed E-state index contributed by atoms with van der Waals surface area (Å²) in [5.41, 5.74) is 0.414. The van der Waals surface area contributed by atoms with Gasteiger partial charge in [-0.15, -0.1) is 0 Å². The molecule has 1 aromatic rings. The topological polar surface area (TPSA) is 32.3 Å². The number of rotatable bonds is 1. The maximum absolute atomic E-state index is 4.39. The molecule has 1 aromatic heterocycles. The molecule has 0 aliphatic carbocycles. The van der Waals surface area contributed by atoms with Crippen molar-refractivity contribution in [3.8, 4) is 0 Å². The number of hydrogen-bond donors (Lipinski definition) is 0. The molecule has 0 bridgehead atoms. The summed E-state index contributed by atoms with van der Waals surface area (Å²) in [6, 6.07) is 0. The molecule has 4 nitrogen and oxygen atoms in total. The van der Waals surface area contributed by atoms with Crippen LogP contribution in [0.25, 0.3) is 0 Å². The Labute approximate surface area is 96.3 Å². The second kappa shape index (κ2) is 3.70. The monoisotopic (exact) mass is 218 g/mol. The summed E-state index contributed by atoms with van der Waals surface area (Å²) in [7, 11) is 2.26. The minimum Gasteiger partial charge on any atom is -0.353 e. The molecule has 0 amide bonds. The fraction of sp³-hybridized carbons (Fsp3) is 0.667. The summed E-state index contributed by atoms with van der Waals surface area (Å²) in [6.07, 6.45) is 9.31. The molecule has 2 saturated heterocycles. The molecule has 2 aliphatic heterocycles. The van der Waals surface area contributed by atoms with Gasteiger partial charge in [-0.1, -0.05) is 0 Å². The van der Waals surface area contributed by atoms with Crippen LogP contribution in [-0.2, 0) is 0 Å². The quantitative estimate of drug-likeness (QED) is 0.708. The van der Waals surface area contributed by atoms with E-state index in [9.17, 15) is 0 Å². The van der Waals surface area contributed by atoms with Gasteiger partial charge in [-0.25, -0.2) is 4.98 Å². The smallest absolute Gasteiger partial charge is 0.147 e. The molecule has 0 radical (unpaired) electrons. The lowest BCUT2D eigenvalue weighted by atomic mass is 9.96. The zero-order valence-corrected chi connectivity index (χ0v) is 9.76. The van der Waals surface area contributed by atoms with Crippen LogP contribution in [0, 0.1) is 0 Å². The SMILES string of the molecule is CN1CCCC12CCN(c1cnccn1)C2. The van der Waals surface area contributed by atoms with E-state index in [4.69, 9.17) is 0 Å². The Morgan fingerprint density at radius 3 is 2.88 bits per heavy atom. The van der Waals surface area contributed by atoms with Crippen LogP contribution in [0.2, 0.25) is 0 Å². The molecule has 1 atom stereocenters. The van der Waals surface area contributed by atoms with Crippen LogP contribution in [-0.4, -0.2) is 47.1 Å². The van der Waals surface area contributed by atoms with Crippen molar-refractivity contribution < 1.29 is 0 Å². The van der Waals surface area contributed by atoms with Gasteiger partial charge in [0.15, 0.2) is 0 Å². The summed E-state index contributed by atoms with van der Waals surface area (Å²) in [4.78, 5) is 13.4. The van der Waals surface area contributed by atoms with Gasteiger partial charge in [0.25, 0.3) is 0 Å². The largest absolute Gasteiger partial charge is 0.353 e. The molecule has 16 heavy (non-hydrogen) atoms. The van der Waals surface area contributed by atoms with Crippen LogP contribution in [0.4, 0.5) is 5.82 Å². The van der Waals surface area contributed by atoms with E-state index in [1.807, 2.05) is 6.20 Å². The highest BCUT2D eigenvalue weighted by Gasteiger charge is 2.44. The van der Waals surface area contributed by atoms with E-state index < -0.39 is 0 Å². The first-order valence-corrected chi connectivity index (χ1v) is 6.02. The number of aromatic nitrogens is 2. The summed E-state index contributed by atoms with van der Waals surface area (Å²) in [5, 5.41) is 0. The molecule has 0 saturated carbocycles. The highest BCUT2D eigenvalue weighted by atomic mass is 15.3. The Kier molecular flexibility index (Phi) is 2.32. The first kappa shape index (κ1) is 10.0. The normalized spacial score (nSPS) is 30.4. The number of likely N-dealkylation sites (N-methyl/N-ethyl adjacent to an activating group) is 1. The predicted octanol–water partition coefficient (Wildman–Crippen LogP) is 1.15. The number of likely N-dealkylation sites (tertiary alicyclic amines) is 1. The Bertz CT molecular complexity index is 367. The average Bonchev–Trinajstić information content (AvgIpc) is 2.90. The minimum atomic E-state index is 0.414. The molecule has 2 aliphatic rings. The summed E-state index contributed by atoms with van der Waals surface area (Å²) < 4.78 is 0. The van der Waals surface area contributed by atoms with Crippen LogP contribution >= 0.6 is 0 Å². The van der Waals surface area contributed by atoms with Gasteiger partial charge in [0, 0.05) is 31.0 Å². The molecule has 3 heterocycles. The van der Waals surface area contributed by atoms with Gasteiger partial charge in [-0.05, 0) is 32.9 Å². The van der Waals surface area contributed by atoms with Gasteiger partial charge in [0.05, 0.1) is 6.20 Å². The summed E-state index contributed by atoms with van der Waals surface area (Å²) in [6.45, 7) is 3.47. The lowest BCUT2D eigenvalue weighted by Crippen LogP contribution is -2.43. The lowest BCUT2D eigenvalue weighted by Gasteiger charge is -2.32. The van der Waals surface area contributed by atoms with E-state index in [2.05, 4.69) is 26.8 Å². The summed E-state index contributed by atoms with van der Waals surface area (Å²) >= 11 is 0. The van der Waals surface area contributed by atoms with Gasteiger partial charge < -0.3 is 4.90 Å². The summed E-state index contributed by atoms with van der Waals surface area (Å²) in [5.74, 6) is 1.03. The predicted molar refractivity (Wildman–Crippen MR) is 63.5 cm³/mol. The molecule has 86 valence electrons. The Morgan fingerprint density at radius 2 is 2.19 bits per heavy atom. The van der Waals surface area contributed by atoms with E-state index in [1.54, 1.807) is 12.4 Å². The molecule has 1 unspecified atom stereocenters. The van der Waals surface area contributed by atoms with Crippen molar-refractivity contribution in [1.29, 1.82) is 0 Å². The van der Waals surface area contributed by atoms with E-state index in [0.717, 1.165) is 18.9 Å². The third-order valence-electron chi connectivity index (χ3n) is 4.15. The maximum Gasteiger partial charge on any atom is 0.147 e. The second-order valence-corrected chi connectivity index (χ2v) is 4.98.